The van der Waals surface area contributed by atoms with Crippen molar-refractivity contribution in [1.82, 2.24) is 9.78 Å². The van der Waals surface area contributed by atoms with Crippen LogP contribution in [0, 0.1) is 6.92 Å². The summed E-state index contributed by atoms with van der Waals surface area (Å²) in [5, 5.41) is 11.7. The smallest absolute Gasteiger partial charge is 0.265 e. The third-order valence-electron chi connectivity index (χ3n) is 4.52. The van der Waals surface area contributed by atoms with Gasteiger partial charge in [-0.2, -0.15) is 5.10 Å². The molecule has 2 heterocycles. The molecule has 7 nitrogen and oxygen atoms in total. The van der Waals surface area contributed by atoms with Gasteiger partial charge in [-0.1, -0.05) is 17.7 Å². The number of nitrogens with one attached hydrogen (secondary N) is 2. The number of benzene rings is 2. The minimum Gasteiger partial charge on any atom is -0.375 e. The monoisotopic (exact) mass is 454 g/mol. The lowest BCUT2D eigenvalue weighted by Gasteiger charge is -2.07. The van der Waals surface area contributed by atoms with Gasteiger partial charge in [0.1, 0.15) is 11.4 Å². The van der Waals surface area contributed by atoms with Crippen molar-refractivity contribution in [2.75, 3.05) is 24.4 Å². The van der Waals surface area contributed by atoms with Gasteiger partial charge in [0.05, 0.1) is 16.3 Å². The van der Waals surface area contributed by atoms with Crippen LogP contribution in [0.4, 0.5) is 11.4 Å². The van der Waals surface area contributed by atoms with Crippen molar-refractivity contribution in [3.05, 3.63) is 70.2 Å². The van der Waals surface area contributed by atoms with E-state index in [1.807, 2.05) is 31.2 Å². The van der Waals surface area contributed by atoms with Crippen molar-refractivity contribution in [2.24, 2.45) is 0 Å². The molecule has 0 bridgehead atoms. The van der Waals surface area contributed by atoms with Gasteiger partial charge < -0.3 is 15.4 Å². The third kappa shape index (κ3) is 4.61. The highest BCUT2D eigenvalue weighted by Gasteiger charge is 2.17. The number of methoxy groups -OCH3 is 1. The van der Waals surface area contributed by atoms with E-state index in [9.17, 15) is 9.59 Å². The average molecular weight is 455 g/mol. The molecule has 0 aliphatic carbocycles. The van der Waals surface area contributed by atoms with E-state index in [-0.39, 0.29) is 18.4 Å². The van der Waals surface area contributed by atoms with Crippen molar-refractivity contribution in [3.8, 4) is 5.69 Å². The molecular formula is C22H19ClN4O3S. The third-order valence-corrected chi connectivity index (χ3v) is 5.87. The van der Waals surface area contributed by atoms with Crippen LogP contribution in [-0.4, -0.2) is 35.3 Å². The molecular weight excluding hydrogens is 436 g/mol. The Hall–Kier alpha value is -3.20. The van der Waals surface area contributed by atoms with Gasteiger partial charge in [0.15, 0.2) is 0 Å². The number of ether oxygens (including phenoxy) is 1. The Morgan fingerprint density at radius 3 is 2.48 bits per heavy atom. The van der Waals surface area contributed by atoms with Crippen LogP contribution in [0.1, 0.15) is 15.4 Å². The quantitative estimate of drug-likeness (QED) is 0.434. The molecule has 0 unspecified atom stereocenters. The number of aromatic nitrogens is 2. The molecule has 2 amide bonds. The summed E-state index contributed by atoms with van der Waals surface area (Å²) in [6.45, 7) is 1.89. The second kappa shape index (κ2) is 8.89. The SMILES string of the molecule is COCC(=O)Nc1ccc(NC(=O)c2cc3c(C)nn(-c4cccc(Cl)c4)c3s2)cc1. The fraction of sp³-hybridized carbons (Fsp3) is 0.136. The normalized spacial score (nSPS) is 10.9. The Labute approximate surface area is 187 Å². The van der Waals surface area contributed by atoms with Crippen molar-refractivity contribution in [1.29, 1.82) is 0 Å². The van der Waals surface area contributed by atoms with E-state index in [1.165, 1.54) is 18.4 Å². The van der Waals surface area contributed by atoms with Gasteiger partial charge in [-0.05, 0) is 55.5 Å². The predicted molar refractivity (Wildman–Crippen MR) is 124 cm³/mol. The van der Waals surface area contributed by atoms with E-state index >= 15 is 0 Å². The first-order valence-corrected chi connectivity index (χ1v) is 10.6. The molecule has 0 saturated carbocycles. The molecule has 2 N–H and O–H groups in total. The lowest BCUT2D eigenvalue weighted by Crippen LogP contribution is -2.17. The second-order valence-electron chi connectivity index (χ2n) is 6.82. The van der Waals surface area contributed by atoms with Gasteiger partial charge in [0, 0.05) is 28.9 Å². The van der Waals surface area contributed by atoms with Crippen molar-refractivity contribution < 1.29 is 14.3 Å². The maximum Gasteiger partial charge on any atom is 0.265 e. The number of aryl methyl sites for hydroxylation is 1. The highest BCUT2D eigenvalue weighted by atomic mass is 35.5. The summed E-state index contributed by atoms with van der Waals surface area (Å²) in [7, 11) is 1.46. The van der Waals surface area contributed by atoms with E-state index in [1.54, 1.807) is 35.0 Å². The molecule has 0 radical (unpaired) electrons. The van der Waals surface area contributed by atoms with Crippen LogP contribution >= 0.6 is 22.9 Å². The Morgan fingerprint density at radius 2 is 1.81 bits per heavy atom. The summed E-state index contributed by atoms with van der Waals surface area (Å²) in [6, 6.07) is 16.2. The van der Waals surface area contributed by atoms with Gasteiger partial charge in [-0.15, -0.1) is 11.3 Å². The molecule has 4 aromatic rings. The lowest BCUT2D eigenvalue weighted by molar-refractivity contribution is -0.119. The number of nitrogens with zero attached hydrogens (tertiary/aromatic N) is 2. The molecule has 0 spiro atoms. The fourth-order valence-electron chi connectivity index (χ4n) is 3.10. The Kier molecular flexibility index (Phi) is 6.03. The van der Waals surface area contributed by atoms with Gasteiger partial charge in [-0.25, -0.2) is 4.68 Å². The topological polar surface area (TPSA) is 85.2 Å². The minimum absolute atomic E-state index is 0.0174. The van der Waals surface area contributed by atoms with Crippen LogP contribution in [0.3, 0.4) is 0 Å². The molecule has 0 saturated heterocycles. The number of rotatable bonds is 6. The molecule has 31 heavy (non-hydrogen) atoms. The Morgan fingerprint density at radius 1 is 1.10 bits per heavy atom. The van der Waals surface area contributed by atoms with E-state index in [0.29, 0.717) is 21.3 Å². The number of hydrogen-bond donors (Lipinski definition) is 2. The van der Waals surface area contributed by atoms with Crippen molar-refractivity contribution in [2.45, 2.75) is 6.92 Å². The number of anilines is 2. The van der Waals surface area contributed by atoms with Crippen LogP contribution in [0.15, 0.2) is 54.6 Å². The highest BCUT2D eigenvalue weighted by Crippen LogP contribution is 2.31. The van der Waals surface area contributed by atoms with E-state index in [2.05, 4.69) is 15.7 Å². The van der Waals surface area contributed by atoms with Gasteiger partial charge in [0.25, 0.3) is 5.91 Å². The van der Waals surface area contributed by atoms with Crippen LogP contribution in [-0.2, 0) is 9.53 Å². The molecule has 0 aliphatic rings. The van der Waals surface area contributed by atoms with Gasteiger partial charge >= 0.3 is 0 Å². The lowest BCUT2D eigenvalue weighted by atomic mass is 10.2. The number of carbonyl (C=O) groups excluding carboxylic acids is 2. The Balaban J connectivity index is 1.53. The average Bonchev–Trinajstić information content (AvgIpc) is 3.30. The zero-order valence-corrected chi connectivity index (χ0v) is 18.4. The zero-order chi connectivity index (χ0) is 22.0. The summed E-state index contributed by atoms with van der Waals surface area (Å²) < 4.78 is 6.59. The molecule has 9 heteroatoms. The van der Waals surface area contributed by atoms with Gasteiger partial charge in [-0.3, -0.25) is 9.59 Å². The zero-order valence-electron chi connectivity index (χ0n) is 16.8. The second-order valence-corrected chi connectivity index (χ2v) is 8.29. The molecule has 0 aliphatic heterocycles. The number of carbonyl (C=O) groups is 2. The summed E-state index contributed by atoms with van der Waals surface area (Å²) in [6.07, 6.45) is 0. The van der Waals surface area contributed by atoms with E-state index < -0.39 is 0 Å². The predicted octanol–water partition coefficient (Wildman–Crippen LogP) is 4.89. The first kappa shape index (κ1) is 21.0. The maximum absolute atomic E-state index is 12.8. The van der Waals surface area contributed by atoms with Crippen LogP contribution in [0.5, 0.6) is 0 Å². The summed E-state index contributed by atoms with van der Waals surface area (Å²) >= 11 is 7.49. The van der Waals surface area contributed by atoms with Crippen molar-refractivity contribution >= 4 is 56.3 Å². The molecule has 2 aromatic heterocycles. The molecule has 0 fully saturated rings. The van der Waals surface area contributed by atoms with Crippen LogP contribution in [0.25, 0.3) is 15.9 Å². The molecule has 4 rings (SSSR count). The Bertz CT molecular complexity index is 1260. The van der Waals surface area contributed by atoms with E-state index in [0.717, 1.165) is 21.6 Å². The number of thiophene rings is 1. The molecule has 2 aromatic carbocycles. The van der Waals surface area contributed by atoms with E-state index in [4.69, 9.17) is 16.3 Å². The number of halogens is 1. The number of hydrogen-bond acceptors (Lipinski definition) is 5. The first-order valence-electron chi connectivity index (χ1n) is 9.40. The van der Waals surface area contributed by atoms with Crippen LogP contribution < -0.4 is 10.6 Å². The largest absolute Gasteiger partial charge is 0.375 e. The van der Waals surface area contributed by atoms with Crippen LogP contribution in [0.2, 0.25) is 5.02 Å². The maximum atomic E-state index is 12.8. The number of amides is 2. The summed E-state index contributed by atoms with van der Waals surface area (Å²) in [4.78, 5) is 25.8. The summed E-state index contributed by atoms with van der Waals surface area (Å²) in [5.41, 5.74) is 2.92. The first-order chi connectivity index (χ1) is 14.9. The molecule has 0 atom stereocenters. The minimum atomic E-state index is -0.242. The fourth-order valence-corrected chi connectivity index (χ4v) is 4.36. The highest BCUT2D eigenvalue weighted by molar-refractivity contribution is 7.20. The molecule has 158 valence electrons. The van der Waals surface area contributed by atoms with Gasteiger partial charge in [0.2, 0.25) is 5.91 Å². The summed E-state index contributed by atoms with van der Waals surface area (Å²) in [5.74, 6) is -0.455. The number of fused-ring (bicyclic) bond motifs is 1. The van der Waals surface area contributed by atoms with Crippen molar-refractivity contribution in [3.63, 3.8) is 0 Å². The standard InChI is InChI=1S/C22H19ClN4O3S/c1-13-18-11-19(31-22(18)27(26-13)17-5-3-4-14(23)10-17)21(29)25-16-8-6-15(7-9-16)24-20(28)12-30-2/h3-11H,12H2,1-2H3,(H,24,28)(H,25,29).